The number of benzene rings is 3. The van der Waals surface area contributed by atoms with E-state index in [1.807, 2.05) is 6.92 Å². The van der Waals surface area contributed by atoms with Crippen molar-refractivity contribution in [3.8, 4) is 62.9 Å². The number of phenolic OH excluding ortho intramolecular Hbond substituents is 4. The second kappa shape index (κ2) is 7.83. The fraction of sp³-hybridized carbons (Fsp3) is 0.0870. The smallest absolute Gasteiger partial charge is 0.167 e. The number of methoxy groups -OCH3 is 1. The number of hydrogen-bond acceptors (Lipinski definition) is 8. The van der Waals surface area contributed by atoms with Crippen LogP contribution in [0.15, 0.2) is 54.6 Å². The molecule has 8 heteroatoms. The van der Waals surface area contributed by atoms with Gasteiger partial charge < -0.3 is 25.2 Å². The Morgan fingerprint density at radius 2 is 1.10 bits per heavy atom. The van der Waals surface area contributed by atoms with Crippen LogP contribution in [0.1, 0.15) is 5.56 Å². The van der Waals surface area contributed by atoms with Crippen LogP contribution in [0.3, 0.4) is 0 Å². The van der Waals surface area contributed by atoms with E-state index in [4.69, 9.17) is 4.74 Å². The first kappa shape index (κ1) is 20.0. The third-order valence-corrected chi connectivity index (χ3v) is 4.70. The summed E-state index contributed by atoms with van der Waals surface area (Å²) < 4.78 is 5.12. The molecule has 0 saturated carbocycles. The lowest BCUT2D eigenvalue weighted by Crippen LogP contribution is -2.01. The van der Waals surface area contributed by atoms with Crippen LogP contribution in [0, 0.1) is 6.92 Å². The highest BCUT2D eigenvalue weighted by atomic mass is 16.5. The zero-order valence-corrected chi connectivity index (χ0v) is 16.7. The highest BCUT2D eigenvalue weighted by molar-refractivity contribution is 5.74. The number of aryl methyl sites for hydroxylation is 1. The molecule has 8 nitrogen and oxygen atoms in total. The Kier molecular flexibility index (Phi) is 5.04. The van der Waals surface area contributed by atoms with E-state index in [1.165, 1.54) is 31.4 Å². The molecule has 4 N–H and O–H groups in total. The van der Waals surface area contributed by atoms with Crippen LogP contribution < -0.4 is 4.74 Å². The van der Waals surface area contributed by atoms with Crippen LogP contribution in [-0.2, 0) is 0 Å². The molecule has 0 amide bonds. The Morgan fingerprint density at radius 1 is 0.613 bits per heavy atom. The molecule has 0 fully saturated rings. The van der Waals surface area contributed by atoms with Gasteiger partial charge in [-0.25, -0.2) is 15.0 Å². The molecule has 0 aliphatic carbocycles. The summed E-state index contributed by atoms with van der Waals surface area (Å²) in [5.74, 6) is 0.390. The average molecular weight is 417 g/mol. The molecule has 31 heavy (non-hydrogen) atoms. The van der Waals surface area contributed by atoms with Gasteiger partial charge in [0.25, 0.3) is 0 Å². The predicted octanol–water partition coefficient (Wildman–Crippen LogP) is 4.01. The Hall–Kier alpha value is -4.33. The average Bonchev–Trinajstić information content (AvgIpc) is 2.73. The minimum absolute atomic E-state index is 0.0167. The number of phenols is 4. The SMILES string of the molecule is COc1ccc(-c2nc(-c3ccc(C)cc3O)nc(-c3ccc(O)cc3O)n2)c(O)c1. The van der Waals surface area contributed by atoms with Gasteiger partial charge in [-0.15, -0.1) is 0 Å². The van der Waals surface area contributed by atoms with Gasteiger partial charge in [0.05, 0.1) is 23.8 Å². The van der Waals surface area contributed by atoms with Crippen molar-refractivity contribution in [2.45, 2.75) is 6.92 Å². The Morgan fingerprint density at radius 3 is 1.58 bits per heavy atom. The molecule has 0 aliphatic heterocycles. The van der Waals surface area contributed by atoms with Crippen molar-refractivity contribution in [1.82, 2.24) is 15.0 Å². The van der Waals surface area contributed by atoms with Crippen molar-refractivity contribution >= 4 is 0 Å². The first-order valence-electron chi connectivity index (χ1n) is 9.31. The van der Waals surface area contributed by atoms with Gasteiger partial charge in [0.15, 0.2) is 17.5 Å². The largest absolute Gasteiger partial charge is 0.508 e. The second-order valence-electron chi connectivity index (χ2n) is 6.91. The van der Waals surface area contributed by atoms with E-state index in [2.05, 4.69) is 15.0 Å². The maximum absolute atomic E-state index is 10.5. The van der Waals surface area contributed by atoms with Crippen LogP contribution in [0.2, 0.25) is 0 Å². The number of aromatic nitrogens is 3. The van der Waals surface area contributed by atoms with E-state index in [0.717, 1.165) is 5.56 Å². The standard InChI is InChI=1S/C23H19N3O5/c1-12-3-6-15(18(28)9-12)21-24-22(16-7-4-13(27)10-19(16)29)26-23(25-21)17-8-5-14(31-2)11-20(17)30/h3-11,27-30H,1-2H3. The monoisotopic (exact) mass is 417 g/mol. The van der Waals surface area contributed by atoms with Gasteiger partial charge in [0.1, 0.15) is 28.7 Å². The van der Waals surface area contributed by atoms with Crippen LogP contribution in [-0.4, -0.2) is 42.5 Å². The second-order valence-corrected chi connectivity index (χ2v) is 6.91. The first-order valence-corrected chi connectivity index (χ1v) is 9.31. The first-order chi connectivity index (χ1) is 14.9. The predicted molar refractivity (Wildman–Crippen MR) is 114 cm³/mol. The summed E-state index contributed by atoms with van der Waals surface area (Å²) in [5, 5.41) is 40.8. The van der Waals surface area contributed by atoms with E-state index in [9.17, 15) is 20.4 Å². The highest BCUT2D eigenvalue weighted by Crippen LogP contribution is 2.36. The van der Waals surface area contributed by atoms with Crippen LogP contribution in [0.4, 0.5) is 0 Å². The van der Waals surface area contributed by atoms with Gasteiger partial charge >= 0.3 is 0 Å². The van der Waals surface area contributed by atoms with E-state index >= 15 is 0 Å². The lowest BCUT2D eigenvalue weighted by Gasteiger charge is -2.11. The van der Waals surface area contributed by atoms with Crippen molar-refractivity contribution in [3.63, 3.8) is 0 Å². The van der Waals surface area contributed by atoms with E-state index in [0.29, 0.717) is 16.9 Å². The Bertz CT molecular complexity index is 1220. The van der Waals surface area contributed by atoms with Crippen molar-refractivity contribution in [1.29, 1.82) is 0 Å². The zero-order valence-electron chi connectivity index (χ0n) is 16.7. The van der Waals surface area contributed by atoms with Gasteiger partial charge in [-0.2, -0.15) is 0 Å². The van der Waals surface area contributed by atoms with Gasteiger partial charge in [-0.3, -0.25) is 0 Å². The molecular formula is C23H19N3O5. The van der Waals surface area contributed by atoms with E-state index < -0.39 is 0 Å². The molecular weight excluding hydrogens is 398 g/mol. The maximum Gasteiger partial charge on any atom is 0.167 e. The molecule has 0 unspecified atom stereocenters. The Balaban J connectivity index is 1.96. The third-order valence-electron chi connectivity index (χ3n) is 4.70. The summed E-state index contributed by atoms with van der Waals surface area (Å²) in [7, 11) is 1.49. The van der Waals surface area contributed by atoms with Gasteiger partial charge in [-0.1, -0.05) is 6.07 Å². The molecule has 156 valence electrons. The summed E-state index contributed by atoms with van der Waals surface area (Å²) in [5.41, 5.74) is 1.79. The quantitative estimate of drug-likeness (QED) is 0.392. The van der Waals surface area contributed by atoms with Crippen molar-refractivity contribution in [2.75, 3.05) is 7.11 Å². The Labute approximate surface area is 177 Å². The van der Waals surface area contributed by atoms with Crippen LogP contribution >= 0.6 is 0 Å². The van der Waals surface area contributed by atoms with Gasteiger partial charge in [0.2, 0.25) is 0 Å². The lowest BCUT2D eigenvalue weighted by molar-refractivity contribution is 0.408. The molecule has 0 radical (unpaired) electrons. The summed E-state index contributed by atoms with van der Waals surface area (Å²) in [6.45, 7) is 1.84. The zero-order chi connectivity index (χ0) is 22.1. The fourth-order valence-electron chi connectivity index (χ4n) is 3.10. The molecule has 0 spiro atoms. The molecule has 0 saturated heterocycles. The molecule has 1 aromatic heterocycles. The van der Waals surface area contributed by atoms with E-state index in [-0.39, 0.29) is 46.0 Å². The van der Waals surface area contributed by atoms with Crippen molar-refractivity contribution in [2.24, 2.45) is 0 Å². The lowest BCUT2D eigenvalue weighted by atomic mass is 10.1. The number of ether oxygens (including phenoxy) is 1. The minimum Gasteiger partial charge on any atom is -0.508 e. The van der Waals surface area contributed by atoms with E-state index in [1.54, 1.807) is 30.3 Å². The molecule has 0 bridgehead atoms. The number of nitrogens with zero attached hydrogens (tertiary/aromatic N) is 3. The van der Waals surface area contributed by atoms with Crippen LogP contribution in [0.5, 0.6) is 28.7 Å². The van der Waals surface area contributed by atoms with Gasteiger partial charge in [-0.05, 0) is 48.9 Å². The topological polar surface area (TPSA) is 129 Å². The summed E-state index contributed by atoms with van der Waals surface area (Å²) in [6, 6.07) is 13.8. The molecule has 4 rings (SSSR count). The molecule has 3 aromatic carbocycles. The molecule has 0 atom stereocenters. The number of aromatic hydroxyl groups is 4. The highest BCUT2D eigenvalue weighted by Gasteiger charge is 2.18. The number of hydrogen-bond donors (Lipinski definition) is 4. The fourth-order valence-corrected chi connectivity index (χ4v) is 3.10. The van der Waals surface area contributed by atoms with Crippen LogP contribution in [0.25, 0.3) is 34.2 Å². The summed E-state index contributed by atoms with van der Waals surface area (Å²) >= 11 is 0. The molecule has 4 aromatic rings. The van der Waals surface area contributed by atoms with Crippen molar-refractivity contribution in [3.05, 3.63) is 60.2 Å². The minimum atomic E-state index is -0.227. The van der Waals surface area contributed by atoms with Crippen molar-refractivity contribution < 1.29 is 25.2 Å². The molecule has 0 aliphatic rings. The van der Waals surface area contributed by atoms with Gasteiger partial charge in [0, 0.05) is 12.1 Å². The summed E-state index contributed by atoms with van der Waals surface area (Å²) in [4.78, 5) is 13.3. The number of rotatable bonds is 4. The normalized spacial score (nSPS) is 10.8. The third kappa shape index (κ3) is 3.91. The maximum atomic E-state index is 10.5. The summed E-state index contributed by atoms with van der Waals surface area (Å²) in [6.07, 6.45) is 0. The molecule has 1 heterocycles.